The fraction of sp³-hybridized carbons (Fsp3) is 0.364. The highest BCUT2D eigenvalue weighted by Gasteiger charge is 2.49. The second kappa shape index (κ2) is 11.5. The molecule has 1 amide bonds. The lowest BCUT2D eigenvalue weighted by Gasteiger charge is -2.30. The van der Waals surface area contributed by atoms with Crippen molar-refractivity contribution < 1.29 is 40.8 Å². The van der Waals surface area contributed by atoms with Crippen LogP contribution in [-0.4, -0.2) is 72.4 Å². The van der Waals surface area contributed by atoms with E-state index < -0.39 is 67.8 Å². The van der Waals surface area contributed by atoms with Crippen LogP contribution < -0.4 is 5.32 Å². The Kier molecular flexibility index (Phi) is 8.81. The summed E-state index contributed by atoms with van der Waals surface area (Å²) in [5.41, 5.74) is -0.329. The molecule has 1 saturated heterocycles. The molecule has 0 aliphatic carbocycles. The van der Waals surface area contributed by atoms with E-state index in [0.717, 1.165) is 40.7 Å². The van der Waals surface area contributed by atoms with E-state index in [2.05, 4.69) is 5.32 Å². The smallest absolute Gasteiger partial charge is 0.305 e. The third kappa shape index (κ3) is 6.32. The molecule has 0 aromatic heterocycles. The maximum atomic E-state index is 13.5. The maximum absolute atomic E-state index is 13.5. The topological polar surface area (TPSA) is 184 Å². The van der Waals surface area contributed by atoms with Crippen LogP contribution in [0.25, 0.3) is 0 Å². The fourth-order valence-electron chi connectivity index (χ4n) is 4.04. The minimum absolute atomic E-state index is 0.0452. The van der Waals surface area contributed by atoms with Crippen LogP contribution in [0.3, 0.4) is 0 Å². The van der Waals surface area contributed by atoms with Gasteiger partial charge in [-0.1, -0.05) is 19.1 Å². The van der Waals surface area contributed by atoms with Gasteiger partial charge in [0, 0.05) is 25.2 Å². The molecule has 2 aromatic rings. The van der Waals surface area contributed by atoms with Gasteiger partial charge in [-0.05, 0) is 36.2 Å². The monoisotopic (exact) mass is 572 g/mol. The Morgan fingerprint density at radius 1 is 1.13 bits per heavy atom. The SMILES string of the molecule is CCCS(=O)(=O)N1CCN(S(=O)(=O)c2ccc(F)cc2)C1C(=O)NC(CC(=O)O)c1cccc([N+](=O)[O-])c1. The van der Waals surface area contributed by atoms with Crippen LogP contribution in [0.5, 0.6) is 0 Å². The van der Waals surface area contributed by atoms with E-state index in [1.165, 1.54) is 12.1 Å². The Labute approximate surface area is 218 Å². The predicted molar refractivity (Wildman–Crippen MR) is 131 cm³/mol. The fourth-order valence-corrected chi connectivity index (χ4v) is 7.26. The van der Waals surface area contributed by atoms with Crippen molar-refractivity contribution in [3.63, 3.8) is 0 Å². The third-order valence-electron chi connectivity index (χ3n) is 5.74. The number of rotatable bonds is 11. The molecule has 38 heavy (non-hydrogen) atoms. The van der Waals surface area contributed by atoms with Gasteiger partial charge in [-0.2, -0.15) is 8.61 Å². The van der Waals surface area contributed by atoms with E-state index in [1.807, 2.05) is 0 Å². The first-order valence-corrected chi connectivity index (χ1v) is 14.4. The Morgan fingerprint density at radius 3 is 2.34 bits per heavy atom. The first-order chi connectivity index (χ1) is 17.8. The average Bonchev–Trinajstić information content (AvgIpc) is 3.31. The van der Waals surface area contributed by atoms with Crippen molar-refractivity contribution in [1.82, 2.24) is 13.9 Å². The first kappa shape index (κ1) is 29.1. The highest BCUT2D eigenvalue weighted by molar-refractivity contribution is 7.90. The number of carbonyl (C=O) groups excluding carboxylic acids is 1. The molecule has 0 radical (unpaired) electrons. The molecule has 2 unspecified atom stereocenters. The molecule has 3 rings (SSSR count). The summed E-state index contributed by atoms with van der Waals surface area (Å²) in [7, 11) is -8.63. The van der Waals surface area contributed by atoms with Gasteiger partial charge in [0.1, 0.15) is 5.82 Å². The molecule has 0 bridgehead atoms. The maximum Gasteiger partial charge on any atom is 0.305 e. The highest BCUT2D eigenvalue weighted by atomic mass is 32.2. The summed E-state index contributed by atoms with van der Waals surface area (Å²) in [5.74, 6) is -3.62. The van der Waals surface area contributed by atoms with Gasteiger partial charge in [-0.15, -0.1) is 0 Å². The molecule has 2 N–H and O–H groups in total. The van der Waals surface area contributed by atoms with Crippen molar-refractivity contribution in [2.24, 2.45) is 0 Å². The number of halogens is 1. The standard InChI is InChI=1S/C22H25FN4O9S2/c1-2-12-37(33,34)25-10-11-26(38(35,36)18-8-6-16(23)7-9-18)22(25)21(30)24-19(14-20(28)29)15-4-3-5-17(13-15)27(31)32/h3-9,13,19,22H,2,10-12,14H2,1H3,(H,24,30)(H,28,29). The zero-order valence-corrected chi connectivity index (χ0v) is 21.7. The number of nitrogens with zero attached hydrogens (tertiary/aromatic N) is 3. The zero-order chi connectivity index (χ0) is 28.3. The molecular formula is C22H25FN4O9S2. The minimum atomic E-state index is -4.51. The summed E-state index contributed by atoms with van der Waals surface area (Å²) in [6.45, 7) is 0.823. The quantitative estimate of drug-likeness (QED) is 0.297. The van der Waals surface area contributed by atoms with Crippen molar-refractivity contribution >= 4 is 37.6 Å². The molecule has 2 aromatic carbocycles. The van der Waals surface area contributed by atoms with Crippen molar-refractivity contribution in [2.45, 2.75) is 36.9 Å². The summed E-state index contributed by atoms with van der Waals surface area (Å²) < 4.78 is 67.4. The summed E-state index contributed by atoms with van der Waals surface area (Å²) in [4.78, 5) is 35.1. The van der Waals surface area contributed by atoms with E-state index in [-0.39, 0.29) is 34.9 Å². The molecule has 16 heteroatoms. The predicted octanol–water partition coefficient (Wildman–Crippen LogP) is 1.44. The first-order valence-electron chi connectivity index (χ1n) is 11.3. The number of nitrogens with one attached hydrogen (secondary N) is 1. The number of amides is 1. The van der Waals surface area contributed by atoms with E-state index >= 15 is 0 Å². The molecule has 1 aliphatic rings. The van der Waals surface area contributed by atoms with Gasteiger partial charge in [0.25, 0.3) is 11.6 Å². The Hall–Kier alpha value is -3.47. The Bertz CT molecular complexity index is 1430. The molecule has 13 nitrogen and oxygen atoms in total. The van der Waals surface area contributed by atoms with Crippen LogP contribution in [0, 0.1) is 15.9 Å². The number of non-ortho nitro benzene ring substituents is 1. The second-order valence-electron chi connectivity index (χ2n) is 8.38. The summed E-state index contributed by atoms with van der Waals surface area (Å²) in [6, 6.07) is 7.23. The van der Waals surface area contributed by atoms with E-state index in [4.69, 9.17) is 0 Å². The minimum Gasteiger partial charge on any atom is -0.481 e. The lowest BCUT2D eigenvalue weighted by molar-refractivity contribution is -0.384. The molecule has 1 aliphatic heterocycles. The lowest BCUT2D eigenvalue weighted by Crippen LogP contribution is -2.54. The highest BCUT2D eigenvalue weighted by Crippen LogP contribution is 2.29. The Balaban J connectivity index is 2.05. The summed E-state index contributed by atoms with van der Waals surface area (Å²) in [5, 5.41) is 22.9. The van der Waals surface area contributed by atoms with Crippen molar-refractivity contribution in [3.05, 3.63) is 70.0 Å². The van der Waals surface area contributed by atoms with Crippen LogP contribution in [-0.2, 0) is 29.6 Å². The van der Waals surface area contributed by atoms with Crippen LogP contribution in [0.4, 0.5) is 10.1 Å². The van der Waals surface area contributed by atoms with Crippen LogP contribution >= 0.6 is 0 Å². The van der Waals surface area contributed by atoms with Gasteiger partial charge in [0.05, 0.1) is 28.0 Å². The Morgan fingerprint density at radius 2 is 1.76 bits per heavy atom. The van der Waals surface area contributed by atoms with Crippen molar-refractivity contribution in [2.75, 3.05) is 18.8 Å². The zero-order valence-electron chi connectivity index (χ0n) is 20.1. The number of benzene rings is 2. The largest absolute Gasteiger partial charge is 0.481 e. The molecular weight excluding hydrogens is 547 g/mol. The molecule has 0 saturated carbocycles. The number of carboxylic acids is 1. The number of nitro benzene ring substituents is 1. The molecule has 2 atom stereocenters. The van der Waals surface area contributed by atoms with Gasteiger partial charge < -0.3 is 10.4 Å². The van der Waals surface area contributed by atoms with E-state index in [1.54, 1.807) is 6.92 Å². The van der Waals surface area contributed by atoms with Gasteiger partial charge >= 0.3 is 5.97 Å². The summed E-state index contributed by atoms with van der Waals surface area (Å²) in [6.07, 6.45) is -2.48. The van der Waals surface area contributed by atoms with Crippen LogP contribution in [0.15, 0.2) is 53.4 Å². The second-order valence-corrected chi connectivity index (χ2v) is 12.3. The number of aliphatic carboxylic acids is 1. The van der Waals surface area contributed by atoms with Crippen molar-refractivity contribution in [3.8, 4) is 0 Å². The number of sulfonamides is 2. The normalized spacial score (nSPS) is 17.7. The number of carbonyl (C=O) groups is 2. The number of hydrogen-bond donors (Lipinski definition) is 2. The molecule has 1 heterocycles. The van der Waals surface area contributed by atoms with Crippen LogP contribution in [0.1, 0.15) is 31.4 Å². The van der Waals surface area contributed by atoms with Crippen molar-refractivity contribution in [1.29, 1.82) is 0 Å². The third-order valence-corrected chi connectivity index (χ3v) is 9.63. The number of hydrogen-bond acceptors (Lipinski definition) is 8. The average molecular weight is 573 g/mol. The van der Waals surface area contributed by atoms with Crippen LogP contribution in [0.2, 0.25) is 0 Å². The number of carboxylic acid groups (broad SMARTS) is 1. The van der Waals surface area contributed by atoms with E-state index in [0.29, 0.717) is 4.31 Å². The molecule has 0 spiro atoms. The van der Waals surface area contributed by atoms with E-state index in [9.17, 15) is 46.0 Å². The summed E-state index contributed by atoms with van der Waals surface area (Å²) >= 11 is 0. The van der Waals surface area contributed by atoms with Gasteiger partial charge in [0.15, 0.2) is 6.17 Å². The lowest BCUT2D eigenvalue weighted by atomic mass is 10.0. The van der Waals surface area contributed by atoms with Gasteiger partial charge in [0.2, 0.25) is 20.0 Å². The molecule has 1 fully saturated rings. The molecule has 206 valence electrons. The van der Waals surface area contributed by atoms with Gasteiger partial charge in [-0.25, -0.2) is 21.2 Å². The number of nitro groups is 1. The van der Waals surface area contributed by atoms with Gasteiger partial charge in [-0.3, -0.25) is 19.7 Å².